The minimum Gasteiger partial charge on any atom is -0.467 e. The molecule has 0 aromatic carbocycles. The lowest BCUT2D eigenvalue weighted by Gasteiger charge is -2.07. The summed E-state index contributed by atoms with van der Waals surface area (Å²) in [7, 11) is 1.67. The molecular formula is C15H19N3O3. The fourth-order valence-electron chi connectivity index (χ4n) is 1.78. The van der Waals surface area contributed by atoms with E-state index < -0.39 is 0 Å². The molecule has 2 heterocycles. The molecule has 2 aromatic rings. The molecule has 2 aromatic heterocycles. The number of methoxy groups -OCH3 is 1. The molecule has 0 aliphatic carbocycles. The first-order chi connectivity index (χ1) is 10.3. The van der Waals surface area contributed by atoms with E-state index in [1.165, 1.54) is 0 Å². The van der Waals surface area contributed by atoms with Crippen LogP contribution >= 0.6 is 0 Å². The third kappa shape index (κ3) is 4.92. The molecule has 1 amide bonds. The fourth-order valence-corrected chi connectivity index (χ4v) is 1.78. The number of carbonyl (C=O) groups is 1. The van der Waals surface area contributed by atoms with Crippen molar-refractivity contribution < 1.29 is 13.9 Å². The molecule has 2 N–H and O–H groups in total. The third-order valence-corrected chi connectivity index (χ3v) is 2.86. The largest absolute Gasteiger partial charge is 0.467 e. The van der Waals surface area contributed by atoms with Crippen molar-refractivity contribution in [2.75, 3.05) is 25.6 Å². The van der Waals surface area contributed by atoms with Crippen LogP contribution in [0.1, 0.15) is 22.5 Å². The Labute approximate surface area is 123 Å². The van der Waals surface area contributed by atoms with Crippen LogP contribution in [0.25, 0.3) is 0 Å². The molecule has 6 heteroatoms. The van der Waals surface area contributed by atoms with Gasteiger partial charge < -0.3 is 19.8 Å². The molecule has 0 saturated heterocycles. The minimum atomic E-state index is -0.159. The number of rotatable bonds is 8. The van der Waals surface area contributed by atoms with Gasteiger partial charge in [0.15, 0.2) is 0 Å². The molecule has 0 bridgehead atoms. The summed E-state index contributed by atoms with van der Waals surface area (Å²) in [6.07, 6.45) is 4.07. The zero-order valence-electron chi connectivity index (χ0n) is 12.0. The Morgan fingerprint density at radius 1 is 1.43 bits per heavy atom. The van der Waals surface area contributed by atoms with E-state index in [1.807, 2.05) is 6.07 Å². The van der Waals surface area contributed by atoms with Crippen molar-refractivity contribution in [1.82, 2.24) is 10.3 Å². The first-order valence-electron chi connectivity index (χ1n) is 6.79. The summed E-state index contributed by atoms with van der Waals surface area (Å²) in [5.41, 5.74) is 0.561. The van der Waals surface area contributed by atoms with Crippen molar-refractivity contribution in [3.63, 3.8) is 0 Å². The maximum atomic E-state index is 12.0. The summed E-state index contributed by atoms with van der Waals surface area (Å²) in [4.78, 5) is 16.2. The lowest BCUT2D eigenvalue weighted by molar-refractivity contribution is 0.0948. The van der Waals surface area contributed by atoms with Crippen molar-refractivity contribution in [3.8, 4) is 0 Å². The Kier molecular flexibility index (Phi) is 5.78. The monoisotopic (exact) mass is 289 g/mol. The quantitative estimate of drug-likeness (QED) is 0.727. The van der Waals surface area contributed by atoms with Crippen LogP contribution < -0.4 is 10.6 Å². The average Bonchev–Trinajstić information content (AvgIpc) is 3.03. The molecule has 0 aliphatic heterocycles. The second kappa shape index (κ2) is 8.06. The number of anilines is 1. The van der Waals surface area contributed by atoms with Gasteiger partial charge in [0.25, 0.3) is 5.91 Å². The highest BCUT2D eigenvalue weighted by Gasteiger charge is 2.07. The second-order valence-electron chi connectivity index (χ2n) is 4.46. The van der Waals surface area contributed by atoms with Crippen molar-refractivity contribution in [3.05, 3.63) is 48.0 Å². The van der Waals surface area contributed by atoms with E-state index in [0.29, 0.717) is 24.5 Å². The van der Waals surface area contributed by atoms with E-state index in [-0.39, 0.29) is 5.91 Å². The SMILES string of the molecule is COCCCNc1cc(C(=O)NCc2ccco2)ccn1. The second-order valence-corrected chi connectivity index (χ2v) is 4.46. The Morgan fingerprint density at radius 3 is 3.10 bits per heavy atom. The maximum absolute atomic E-state index is 12.0. The third-order valence-electron chi connectivity index (χ3n) is 2.86. The van der Waals surface area contributed by atoms with Crippen LogP contribution in [0.2, 0.25) is 0 Å². The highest BCUT2D eigenvalue weighted by Crippen LogP contribution is 2.07. The normalized spacial score (nSPS) is 10.3. The highest BCUT2D eigenvalue weighted by molar-refractivity contribution is 5.94. The zero-order valence-corrected chi connectivity index (χ0v) is 12.0. The Balaban J connectivity index is 1.85. The standard InChI is InChI=1S/C15H19N3O3/c1-20-8-3-6-16-14-10-12(5-7-17-14)15(19)18-11-13-4-2-9-21-13/h2,4-5,7,9-10H,3,6,8,11H2,1H3,(H,16,17)(H,18,19). The van der Waals surface area contributed by atoms with E-state index in [2.05, 4.69) is 15.6 Å². The van der Waals surface area contributed by atoms with Crippen LogP contribution in [0.5, 0.6) is 0 Å². The maximum Gasteiger partial charge on any atom is 0.251 e. The van der Waals surface area contributed by atoms with Crippen LogP contribution in [0.15, 0.2) is 41.1 Å². The molecular weight excluding hydrogens is 270 g/mol. The lowest BCUT2D eigenvalue weighted by atomic mass is 10.2. The summed E-state index contributed by atoms with van der Waals surface area (Å²) in [6.45, 7) is 1.80. The Morgan fingerprint density at radius 2 is 2.33 bits per heavy atom. The summed E-state index contributed by atoms with van der Waals surface area (Å²) < 4.78 is 10.1. The van der Waals surface area contributed by atoms with Crippen LogP contribution in [0.3, 0.4) is 0 Å². The number of furan rings is 1. The molecule has 0 spiro atoms. The van der Waals surface area contributed by atoms with E-state index in [0.717, 1.165) is 18.7 Å². The average molecular weight is 289 g/mol. The number of aromatic nitrogens is 1. The predicted octanol–water partition coefficient (Wildman–Crippen LogP) is 2.05. The number of pyridine rings is 1. The zero-order chi connectivity index (χ0) is 14.9. The molecule has 0 fully saturated rings. The summed E-state index contributed by atoms with van der Waals surface area (Å²) >= 11 is 0. The number of hydrogen-bond donors (Lipinski definition) is 2. The summed E-state index contributed by atoms with van der Waals surface area (Å²) in [5.74, 6) is 1.24. The molecule has 0 atom stereocenters. The molecule has 6 nitrogen and oxygen atoms in total. The van der Waals surface area contributed by atoms with Gasteiger partial charge in [-0.25, -0.2) is 4.98 Å². The minimum absolute atomic E-state index is 0.159. The Hall–Kier alpha value is -2.34. The van der Waals surface area contributed by atoms with E-state index in [9.17, 15) is 4.79 Å². The van der Waals surface area contributed by atoms with Crippen molar-refractivity contribution in [2.24, 2.45) is 0 Å². The van der Waals surface area contributed by atoms with E-state index in [4.69, 9.17) is 9.15 Å². The van der Waals surface area contributed by atoms with Gasteiger partial charge in [0, 0.05) is 32.0 Å². The molecule has 112 valence electrons. The van der Waals surface area contributed by atoms with Crippen molar-refractivity contribution in [1.29, 1.82) is 0 Å². The number of hydrogen-bond acceptors (Lipinski definition) is 5. The van der Waals surface area contributed by atoms with E-state index in [1.54, 1.807) is 37.8 Å². The number of nitrogens with one attached hydrogen (secondary N) is 2. The lowest BCUT2D eigenvalue weighted by Crippen LogP contribution is -2.22. The van der Waals surface area contributed by atoms with Gasteiger partial charge in [-0.2, -0.15) is 0 Å². The number of ether oxygens (including phenoxy) is 1. The molecule has 21 heavy (non-hydrogen) atoms. The number of nitrogens with zero attached hydrogens (tertiary/aromatic N) is 1. The smallest absolute Gasteiger partial charge is 0.251 e. The number of carbonyl (C=O) groups excluding carboxylic acids is 1. The summed E-state index contributed by atoms with van der Waals surface area (Å²) in [5, 5.41) is 5.95. The van der Waals surface area contributed by atoms with Gasteiger partial charge in [-0.3, -0.25) is 4.79 Å². The molecule has 0 saturated carbocycles. The fraction of sp³-hybridized carbons (Fsp3) is 0.333. The first kappa shape index (κ1) is 15.1. The van der Waals surface area contributed by atoms with Crippen LogP contribution in [0.4, 0.5) is 5.82 Å². The first-order valence-corrected chi connectivity index (χ1v) is 6.79. The summed E-state index contributed by atoms with van der Waals surface area (Å²) in [6, 6.07) is 7.01. The molecule has 0 aliphatic rings. The van der Waals surface area contributed by atoms with Gasteiger partial charge >= 0.3 is 0 Å². The Bertz CT molecular complexity index is 555. The van der Waals surface area contributed by atoms with Gasteiger partial charge in [-0.15, -0.1) is 0 Å². The molecule has 2 rings (SSSR count). The van der Waals surface area contributed by atoms with Gasteiger partial charge in [-0.1, -0.05) is 0 Å². The van der Waals surface area contributed by atoms with Gasteiger partial charge in [0.2, 0.25) is 0 Å². The highest BCUT2D eigenvalue weighted by atomic mass is 16.5. The number of amides is 1. The van der Waals surface area contributed by atoms with Gasteiger partial charge in [-0.05, 0) is 30.7 Å². The van der Waals surface area contributed by atoms with Gasteiger partial charge in [0.05, 0.1) is 12.8 Å². The van der Waals surface area contributed by atoms with Crippen molar-refractivity contribution in [2.45, 2.75) is 13.0 Å². The molecule has 0 radical (unpaired) electrons. The molecule has 0 unspecified atom stereocenters. The van der Waals surface area contributed by atoms with Crippen LogP contribution in [-0.2, 0) is 11.3 Å². The van der Waals surface area contributed by atoms with Crippen LogP contribution in [-0.4, -0.2) is 31.2 Å². The van der Waals surface area contributed by atoms with Crippen LogP contribution in [0, 0.1) is 0 Å². The van der Waals surface area contributed by atoms with Crippen molar-refractivity contribution >= 4 is 11.7 Å². The predicted molar refractivity (Wildman–Crippen MR) is 79.1 cm³/mol. The van der Waals surface area contributed by atoms with E-state index >= 15 is 0 Å². The topological polar surface area (TPSA) is 76.4 Å². The van der Waals surface area contributed by atoms with Gasteiger partial charge in [0.1, 0.15) is 11.6 Å².